The summed E-state index contributed by atoms with van der Waals surface area (Å²) in [5.74, 6) is 0.441. The number of hydrogen-bond acceptors (Lipinski definition) is 5. The third-order valence-corrected chi connectivity index (χ3v) is 3.79. The molecule has 1 aromatic heterocycles. The number of nitrogens with zero attached hydrogens (tertiary/aromatic N) is 3. The normalized spacial score (nSPS) is 14.7. The molecule has 7 heteroatoms. The van der Waals surface area contributed by atoms with Crippen molar-refractivity contribution in [3.8, 4) is 0 Å². The van der Waals surface area contributed by atoms with Crippen LogP contribution < -0.4 is 5.32 Å². The molecular formula is C17H26N4O3. The second kappa shape index (κ2) is 8.52. The van der Waals surface area contributed by atoms with Crippen LogP contribution in [-0.4, -0.2) is 66.1 Å². The summed E-state index contributed by atoms with van der Waals surface area (Å²) in [5.41, 5.74) is 1.34. The molecule has 0 aliphatic carbocycles. The summed E-state index contributed by atoms with van der Waals surface area (Å²) in [6.45, 7) is 9.23. The molecule has 0 atom stereocenters. The second-order valence-electron chi connectivity index (χ2n) is 6.19. The average molecular weight is 334 g/mol. The Morgan fingerprint density at radius 3 is 2.42 bits per heavy atom. The van der Waals surface area contributed by atoms with Crippen LogP contribution in [-0.2, 0) is 4.74 Å². The summed E-state index contributed by atoms with van der Waals surface area (Å²) < 4.78 is 4.98. The SMILES string of the molecule is CCOC(=O)N1CCN(C(=O)c2ccc(NCC(C)C)cn2)CC1. The highest BCUT2D eigenvalue weighted by molar-refractivity contribution is 5.92. The number of hydrogen-bond donors (Lipinski definition) is 1. The third kappa shape index (κ3) is 4.84. The number of nitrogens with one attached hydrogen (secondary N) is 1. The quantitative estimate of drug-likeness (QED) is 0.892. The minimum absolute atomic E-state index is 0.103. The van der Waals surface area contributed by atoms with Crippen LogP contribution in [0.1, 0.15) is 31.3 Å². The molecule has 2 amide bonds. The van der Waals surface area contributed by atoms with E-state index in [2.05, 4.69) is 24.1 Å². The minimum Gasteiger partial charge on any atom is -0.450 e. The maximum Gasteiger partial charge on any atom is 0.409 e. The van der Waals surface area contributed by atoms with Crippen molar-refractivity contribution in [2.45, 2.75) is 20.8 Å². The zero-order chi connectivity index (χ0) is 17.5. The highest BCUT2D eigenvalue weighted by Crippen LogP contribution is 2.11. The molecule has 132 valence electrons. The van der Waals surface area contributed by atoms with Crippen molar-refractivity contribution >= 4 is 17.7 Å². The molecule has 0 aromatic carbocycles. The summed E-state index contributed by atoms with van der Waals surface area (Å²) in [4.78, 5) is 31.8. The third-order valence-electron chi connectivity index (χ3n) is 3.79. The van der Waals surface area contributed by atoms with E-state index in [0.717, 1.165) is 12.2 Å². The van der Waals surface area contributed by atoms with Gasteiger partial charge in [-0.15, -0.1) is 0 Å². The van der Waals surface area contributed by atoms with Gasteiger partial charge in [0.15, 0.2) is 0 Å². The molecule has 24 heavy (non-hydrogen) atoms. The van der Waals surface area contributed by atoms with Crippen LogP contribution in [0.3, 0.4) is 0 Å². The molecule has 1 aliphatic heterocycles. The molecule has 0 saturated carbocycles. The molecule has 0 unspecified atom stereocenters. The molecule has 7 nitrogen and oxygen atoms in total. The van der Waals surface area contributed by atoms with Crippen LogP contribution in [0.5, 0.6) is 0 Å². The fraction of sp³-hybridized carbons (Fsp3) is 0.588. The Morgan fingerprint density at radius 1 is 1.21 bits per heavy atom. The highest BCUT2D eigenvalue weighted by Gasteiger charge is 2.25. The van der Waals surface area contributed by atoms with Crippen molar-refractivity contribution in [3.05, 3.63) is 24.0 Å². The lowest BCUT2D eigenvalue weighted by molar-refractivity contribution is 0.0566. The van der Waals surface area contributed by atoms with Gasteiger partial charge in [-0.05, 0) is 25.0 Å². The zero-order valence-corrected chi connectivity index (χ0v) is 14.6. The molecule has 1 aliphatic rings. The standard InChI is InChI=1S/C17H26N4O3/c1-4-24-17(23)21-9-7-20(8-10-21)16(22)15-6-5-14(12-19-15)18-11-13(2)3/h5-6,12-13,18H,4,7-11H2,1-3H3. The molecule has 0 spiro atoms. The number of rotatable bonds is 5. The number of anilines is 1. The molecule has 1 aromatic rings. The molecule has 2 heterocycles. The number of carbonyl (C=O) groups is 2. The lowest BCUT2D eigenvalue weighted by atomic mass is 10.2. The molecule has 1 N–H and O–H groups in total. The van der Waals surface area contributed by atoms with E-state index in [1.54, 1.807) is 29.0 Å². The van der Waals surface area contributed by atoms with Gasteiger partial charge in [0.25, 0.3) is 5.91 Å². The summed E-state index contributed by atoms with van der Waals surface area (Å²) in [5, 5.41) is 3.27. The van der Waals surface area contributed by atoms with Gasteiger partial charge < -0.3 is 19.9 Å². The minimum atomic E-state index is -0.316. The van der Waals surface area contributed by atoms with Crippen LogP contribution >= 0.6 is 0 Å². The predicted molar refractivity (Wildman–Crippen MR) is 92.1 cm³/mol. The Labute approximate surface area is 143 Å². The van der Waals surface area contributed by atoms with Crippen molar-refractivity contribution in [2.24, 2.45) is 5.92 Å². The predicted octanol–water partition coefficient (Wildman–Crippen LogP) is 2.06. The first-order chi connectivity index (χ1) is 11.5. The van der Waals surface area contributed by atoms with E-state index >= 15 is 0 Å². The summed E-state index contributed by atoms with van der Waals surface area (Å²) in [6, 6.07) is 3.61. The Kier molecular flexibility index (Phi) is 6.40. The first-order valence-electron chi connectivity index (χ1n) is 8.42. The van der Waals surface area contributed by atoms with Gasteiger partial charge in [-0.2, -0.15) is 0 Å². The van der Waals surface area contributed by atoms with E-state index in [-0.39, 0.29) is 12.0 Å². The lowest BCUT2D eigenvalue weighted by Crippen LogP contribution is -2.50. The monoisotopic (exact) mass is 334 g/mol. The number of pyridine rings is 1. The van der Waals surface area contributed by atoms with Gasteiger partial charge in [0.05, 0.1) is 18.5 Å². The van der Waals surface area contributed by atoms with Gasteiger partial charge in [0, 0.05) is 32.7 Å². The summed E-state index contributed by atoms with van der Waals surface area (Å²) in [6.07, 6.45) is 1.37. The number of amides is 2. The first-order valence-corrected chi connectivity index (χ1v) is 8.42. The lowest BCUT2D eigenvalue weighted by Gasteiger charge is -2.33. The van der Waals surface area contributed by atoms with Crippen LogP contribution in [0.25, 0.3) is 0 Å². The Morgan fingerprint density at radius 2 is 1.88 bits per heavy atom. The number of aromatic nitrogens is 1. The topological polar surface area (TPSA) is 74.8 Å². The van der Waals surface area contributed by atoms with Crippen molar-refractivity contribution in [3.63, 3.8) is 0 Å². The summed E-state index contributed by atoms with van der Waals surface area (Å²) >= 11 is 0. The van der Waals surface area contributed by atoms with E-state index < -0.39 is 0 Å². The zero-order valence-electron chi connectivity index (χ0n) is 14.6. The van der Waals surface area contributed by atoms with Gasteiger partial charge in [-0.25, -0.2) is 9.78 Å². The van der Waals surface area contributed by atoms with Crippen LogP contribution in [0, 0.1) is 5.92 Å². The van der Waals surface area contributed by atoms with E-state index in [9.17, 15) is 9.59 Å². The van der Waals surface area contributed by atoms with Gasteiger partial charge in [-0.1, -0.05) is 13.8 Å². The average Bonchev–Trinajstić information content (AvgIpc) is 2.60. The Balaban J connectivity index is 1.87. The molecule has 2 rings (SSSR count). The Bertz CT molecular complexity index is 551. The van der Waals surface area contributed by atoms with E-state index in [4.69, 9.17) is 4.74 Å². The fourth-order valence-corrected chi connectivity index (χ4v) is 2.42. The fourth-order valence-electron chi connectivity index (χ4n) is 2.42. The van der Waals surface area contributed by atoms with E-state index in [1.165, 1.54) is 0 Å². The first kappa shape index (κ1) is 18.0. The maximum absolute atomic E-state index is 12.5. The Hall–Kier alpha value is -2.31. The van der Waals surface area contributed by atoms with Crippen LogP contribution in [0.2, 0.25) is 0 Å². The van der Waals surface area contributed by atoms with Gasteiger partial charge in [0.1, 0.15) is 5.69 Å². The number of ether oxygens (including phenoxy) is 1. The smallest absolute Gasteiger partial charge is 0.409 e. The molecule has 0 bridgehead atoms. The van der Waals surface area contributed by atoms with Gasteiger partial charge in [0.2, 0.25) is 0 Å². The molecule has 1 fully saturated rings. The van der Waals surface area contributed by atoms with Gasteiger partial charge in [-0.3, -0.25) is 4.79 Å². The largest absolute Gasteiger partial charge is 0.450 e. The second-order valence-corrected chi connectivity index (χ2v) is 6.19. The van der Waals surface area contributed by atoms with Gasteiger partial charge >= 0.3 is 6.09 Å². The molecule has 1 saturated heterocycles. The van der Waals surface area contributed by atoms with Crippen molar-refractivity contribution in [1.82, 2.24) is 14.8 Å². The highest BCUT2D eigenvalue weighted by atomic mass is 16.6. The number of piperazine rings is 1. The van der Waals surface area contributed by atoms with Crippen LogP contribution in [0.15, 0.2) is 18.3 Å². The molecular weight excluding hydrogens is 308 g/mol. The number of carbonyl (C=O) groups excluding carboxylic acids is 2. The van der Waals surface area contributed by atoms with Crippen molar-refractivity contribution in [1.29, 1.82) is 0 Å². The maximum atomic E-state index is 12.5. The van der Waals surface area contributed by atoms with Crippen LogP contribution in [0.4, 0.5) is 10.5 Å². The van der Waals surface area contributed by atoms with Crippen molar-refractivity contribution < 1.29 is 14.3 Å². The molecule has 0 radical (unpaired) electrons. The van der Waals surface area contributed by atoms with E-state index in [0.29, 0.717) is 44.4 Å². The van der Waals surface area contributed by atoms with Crippen molar-refractivity contribution in [2.75, 3.05) is 44.6 Å². The van der Waals surface area contributed by atoms with E-state index in [1.807, 2.05) is 6.07 Å². The summed E-state index contributed by atoms with van der Waals surface area (Å²) in [7, 11) is 0.